The molecule has 0 aliphatic carbocycles. The number of hydrogen-bond acceptors (Lipinski definition) is 4. The molecule has 4 aromatic rings. The average Bonchev–Trinajstić information content (AvgIpc) is 3.45. The van der Waals surface area contributed by atoms with Crippen LogP contribution in [0.15, 0.2) is 122 Å². The Morgan fingerprint density at radius 3 is 2.07 bits per heavy atom. The van der Waals surface area contributed by atoms with Gasteiger partial charge in [0.05, 0.1) is 12.3 Å². The van der Waals surface area contributed by atoms with Gasteiger partial charge in [-0.3, -0.25) is 0 Å². The number of nitrogens with one attached hydrogen (secondary N) is 1. The second-order valence-corrected chi connectivity index (χ2v) is 11.7. The number of ether oxygens (including phenoxy) is 3. The van der Waals surface area contributed by atoms with E-state index in [0.29, 0.717) is 13.0 Å². The summed E-state index contributed by atoms with van der Waals surface area (Å²) in [5.41, 5.74) is 5.20. The zero-order chi connectivity index (χ0) is 29.4. The average molecular weight is 562 g/mol. The first-order valence-corrected chi connectivity index (χ1v) is 14.5. The van der Waals surface area contributed by atoms with Gasteiger partial charge in [0.25, 0.3) is 0 Å². The predicted octanol–water partition coefficient (Wildman–Crippen LogP) is 8.14. The fourth-order valence-electron chi connectivity index (χ4n) is 5.19. The highest BCUT2D eigenvalue weighted by molar-refractivity contribution is 5.68. The van der Waals surface area contributed by atoms with Crippen LogP contribution in [0, 0.1) is 5.92 Å². The Balaban J connectivity index is 1.27. The highest BCUT2D eigenvalue weighted by atomic mass is 16.6. The van der Waals surface area contributed by atoms with Crippen LogP contribution >= 0.6 is 0 Å². The number of carbonyl (C=O) groups excluding carboxylic acids is 1. The topological polar surface area (TPSA) is 56.8 Å². The van der Waals surface area contributed by atoms with Crippen molar-refractivity contribution in [3.8, 4) is 16.9 Å². The third-order valence-electron chi connectivity index (χ3n) is 7.24. The molecule has 0 fully saturated rings. The van der Waals surface area contributed by atoms with E-state index in [0.717, 1.165) is 23.3 Å². The summed E-state index contributed by atoms with van der Waals surface area (Å²) >= 11 is 0. The van der Waals surface area contributed by atoms with Crippen LogP contribution in [0.25, 0.3) is 11.1 Å². The minimum atomic E-state index is -0.596. The number of carbonyl (C=O) groups is 1. The number of alkyl carbamates (subject to hydrolysis) is 1. The molecule has 4 aromatic carbocycles. The molecule has 0 saturated heterocycles. The van der Waals surface area contributed by atoms with E-state index in [-0.39, 0.29) is 18.1 Å². The third-order valence-corrected chi connectivity index (χ3v) is 7.24. The molecule has 5 nitrogen and oxygen atoms in total. The molecule has 1 heterocycles. The van der Waals surface area contributed by atoms with Crippen LogP contribution in [-0.4, -0.2) is 23.8 Å². The molecule has 3 atom stereocenters. The van der Waals surface area contributed by atoms with E-state index in [1.54, 1.807) is 6.26 Å². The fraction of sp³-hybridized carbons (Fsp3) is 0.270. The van der Waals surface area contributed by atoms with Crippen molar-refractivity contribution >= 4 is 6.09 Å². The van der Waals surface area contributed by atoms with Gasteiger partial charge in [-0.2, -0.15) is 0 Å². The van der Waals surface area contributed by atoms with Crippen molar-refractivity contribution in [1.29, 1.82) is 0 Å². The lowest BCUT2D eigenvalue weighted by molar-refractivity contribution is 0.0383. The molecule has 0 aromatic heterocycles. The number of rotatable bonds is 10. The first-order chi connectivity index (χ1) is 20.3. The van der Waals surface area contributed by atoms with E-state index in [1.165, 1.54) is 16.7 Å². The van der Waals surface area contributed by atoms with Crippen LogP contribution in [-0.2, 0) is 28.9 Å². The molecule has 0 unspecified atom stereocenters. The van der Waals surface area contributed by atoms with Crippen LogP contribution in [0.1, 0.15) is 37.5 Å². The van der Waals surface area contributed by atoms with Crippen molar-refractivity contribution in [2.24, 2.45) is 5.92 Å². The van der Waals surface area contributed by atoms with Gasteiger partial charge in [-0.05, 0) is 79.6 Å². The monoisotopic (exact) mass is 561 g/mol. The van der Waals surface area contributed by atoms with Crippen molar-refractivity contribution in [1.82, 2.24) is 5.32 Å². The quantitative estimate of drug-likeness (QED) is 0.212. The van der Waals surface area contributed by atoms with Crippen LogP contribution in [0.5, 0.6) is 5.75 Å². The standard InChI is InChI=1S/C37H39NO4/c1-37(2,3)42-36(39)38-34(25-28-16-20-33(21-17-28)41-26-29-10-6-4-7-11-29)35-32(22-23-40-35)24-27-14-18-31(19-15-27)30-12-8-5-9-13-30/h4-23,32,34-35H,24-26H2,1-3H3,(H,38,39)/t32-,34-,35-/m0/s1. The lowest BCUT2D eigenvalue weighted by atomic mass is 9.88. The first-order valence-electron chi connectivity index (χ1n) is 14.5. The summed E-state index contributed by atoms with van der Waals surface area (Å²) in [5.74, 6) is 0.899. The summed E-state index contributed by atoms with van der Waals surface area (Å²) in [7, 11) is 0. The van der Waals surface area contributed by atoms with Crippen LogP contribution in [0.3, 0.4) is 0 Å². The summed E-state index contributed by atoms with van der Waals surface area (Å²) < 4.78 is 17.7. The van der Waals surface area contributed by atoms with Crippen molar-refractivity contribution in [2.75, 3.05) is 0 Å². The van der Waals surface area contributed by atoms with Gasteiger partial charge in [-0.25, -0.2) is 4.79 Å². The SMILES string of the molecule is CC(C)(C)OC(=O)N[C@@H](Cc1ccc(OCc2ccccc2)cc1)[C@H]1OC=C[C@H]1Cc1ccc(-c2ccccc2)cc1. The molecule has 0 radical (unpaired) electrons. The molecule has 0 bridgehead atoms. The Bertz CT molecular complexity index is 1440. The maximum atomic E-state index is 12.9. The normalized spacial score (nSPS) is 16.8. The molecule has 1 aliphatic rings. The Labute approximate surface area is 249 Å². The molecule has 5 heteroatoms. The summed E-state index contributed by atoms with van der Waals surface area (Å²) in [4.78, 5) is 12.9. The minimum Gasteiger partial charge on any atom is -0.496 e. The van der Waals surface area contributed by atoms with E-state index < -0.39 is 11.7 Å². The Hall–Kier alpha value is -4.51. The largest absolute Gasteiger partial charge is 0.496 e. The first kappa shape index (κ1) is 29.0. The molecule has 42 heavy (non-hydrogen) atoms. The van der Waals surface area contributed by atoms with Gasteiger partial charge in [0.15, 0.2) is 0 Å². The molecule has 1 aliphatic heterocycles. The van der Waals surface area contributed by atoms with E-state index >= 15 is 0 Å². The van der Waals surface area contributed by atoms with Gasteiger partial charge in [0.1, 0.15) is 24.1 Å². The summed E-state index contributed by atoms with van der Waals surface area (Å²) in [6.07, 6.45) is 4.57. The van der Waals surface area contributed by atoms with Gasteiger partial charge in [-0.15, -0.1) is 0 Å². The lowest BCUT2D eigenvalue weighted by Crippen LogP contribution is -2.49. The molecule has 216 valence electrons. The second kappa shape index (κ2) is 13.4. The van der Waals surface area contributed by atoms with Crippen LogP contribution in [0.4, 0.5) is 4.79 Å². The highest BCUT2D eigenvalue weighted by Crippen LogP contribution is 2.28. The highest BCUT2D eigenvalue weighted by Gasteiger charge is 2.35. The number of hydrogen-bond donors (Lipinski definition) is 1. The van der Waals surface area contributed by atoms with E-state index in [2.05, 4.69) is 59.9 Å². The minimum absolute atomic E-state index is 0.0981. The van der Waals surface area contributed by atoms with Crippen molar-refractivity contribution in [2.45, 2.75) is 58.0 Å². The molecule has 0 saturated carbocycles. The molecule has 1 amide bonds. The maximum Gasteiger partial charge on any atom is 0.408 e. The molecular formula is C37H39NO4. The van der Waals surface area contributed by atoms with Crippen molar-refractivity contribution < 1.29 is 19.0 Å². The Kier molecular flexibility index (Phi) is 9.28. The van der Waals surface area contributed by atoms with Crippen LogP contribution in [0.2, 0.25) is 0 Å². The molecular weight excluding hydrogens is 522 g/mol. The van der Waals surface area contributed by atoms with Crippen molar-refractivity contribution in [3.63, 3.8) is 0 Å². The van der Waals surface area contributed by atoms with Gasteiger partial charge >= 0.3 is 6.09 Å². The molecule has 5 rings (SSSR count). The Morgan fingerprint density at radius 2 is 1.40 bits per heavy atom. The van der Waals surface area contributed by atoms with Gasteiger partial charge < -0.3 is 19.5 Å². The zero-order valence-electron chi connectivity index (χ0n) is 24.5. The lowest BCUT2D eigenvalue weighted by Gasteiger charge is -2.30. The van der Waals surface area contributed by atoms with E-state index in [1.807, 2.05) is 81.4 Å². The second-order valence-electron chi connectivity index (χ2n) is 11.7. The van der Waals surface area contributed by atoms with E-state index in [9.17, 15) is 4.79 Å². The molecule has 0 spiro atoms. The number of benzene rings is 4. The zero-order valence-corrected chi connectivity index (χ0v) is 24.5. The van der Waals surface area contributed by atoms with E-state index in [4.69, 9.17) is 14.2 Å². The molecule has 1 N–H and O–H groups in total. The van der Waals surface area contributed by atoms with Gasteiger partial charge in [-0.1, -0.05) is 97.1 Å². The third kappa shape index (κ3) is 8.26. The summed E-state index contributed by atoms with van der Waals surface area (Å²) in [6.45, 7) is 6.11. The summed E-state index contributed by atoms with van der Waals surface area (Å²) in [5, 5.41) is 3.11. The maximum absolute atomic E-state index is 12.9. The smallest absolute Gasteiger partial charge is 0.408 e. The van der Waals surface area contributed by atoms with Crippen molar-refractivity contribution in [3.05, 3.63) is 138 Å². The number of amides is 1. The van der Waals surface area contributed by atoms with Gasteiger partial charge in [0, 0.05) is 5.92 Å². The summed E-state index contributed by atoms with van der Waals surface area (Å²) in [6, 6.07) is 36.9. The predicted molar refractivity (Wildman–Crippen MR) is 167 cm³/mol. The van der Waals surface area contributed by atoms with Crippen LogP contribution < -0.4 is 10.1 Å². The fourth-order valence-corrected chi connectivity index (χ4v) is 5.19. The Morgan fingerprint density at radius 1 is 0.786 bits per heavy atom. The van der Waals surface area contributed by atoms with Gasteiger partial charge in [0.2, 0.25) is 0 Å².